The minimum atomic E-state index is 0.846. The molecule has 0 fully saturated rings. The second-order valence-electron chi connectivity index (χ2n) is 7.36. The third kappa shape index (κ3) is 3.04. The van der Waals surface area contributed by atoms with Gasteiger partial charge >= 0.3 is 0 Å². The topological polar surface area (TPSA) is 26.0 Å². The first-order valence-corrected chi connectivity index (χ1v) is 9.74. The van der Waals surface area contributed by atoms with E-state index in [1.165, 1.54) is 82.8 Å². The molecule has 0 saturated carbocycles. The number of benzene rings is 4. The number of hydrogen-bond donors (Lipinski definition) is 1. The maximum atomic E-state index is 6.08. The van der Waals surface area contributed by atoms with E-state index >= 15 is 0 Å². The Kier molecular flexibility index (Phi) is 4.48. The van der Waals surface area contributed by atoms with Crippen LogP contribution in [0.25, 0.3) is 32.3 Å². The number of aryl methyl sites for hydroxylation is 1. The summed E-state index contributed by atoms with van der Waals surface area (Å²) in [5.74, 6) is 0. The second kappa shape index (κ2) is 6.92. The van der Waals surface area contributed by atoms with Crippen molar-refractivity contribution in [2.75, 3.05) is 5.73 Å². The highest BCUT2D eigenvalue weighted by molar-refractivity contribution is 6.24. The zero-order valence-corrected chi connectivity index (χ0v) is 15.1. The van der Waals surface area contributed by atoms with Gasteiger partial charge in [-0.2, -0.15) is 0 Å². The Labute approximate surface area is 150 Å². The Morgan fingerprint density at radius 1 is 0.680 bits per heavy atom. The SMILES string of the molecule is CCCCCCCCc1ccc2ccc3cc(N)cc4ccc1c2c34. The van der Waals surface area contributed by atoms with E-state index in [-0.39, 0.29) is 0 Å². The molecule has 0 aliphatic heterocycles. The Hall–Kier alpha value is -2.28. The summed E-state index contributed by atoms with van der Waals surface area (Å²) < 4.78 is 0. The van der Waals surface area contributed by atoms with Gasteiger partial charge in [-0.1, -0.05) is 75.4 Å². The van der Waals surface area contributed by atoms with Crippen LogP contribution in [0, 0.1) is 0 Å². The van der Waals surface area contributed by atoms with E-state index in [1.807, 2.05) is 0 Å². The van der Waals surface area contributed by atoms with Crippen molar-refractivity contribution in [1.29, 1.82) is 0 Å². The van der Waals surface area contributed by atoms with Crippen LogP contribution in [0.5, 0.6) is 0 Å². The van der Waals surface area contributed by atoms with Crippen molar-refractivity contribution < 1.29 is 0 Å². The minimum Gasteiger partial charge on any atom is -0.399 e. The van der Waals surface area contributed by atoms with Crippen LogP contribution in [-0.2, 0) is 6.42 Å². The van der Waals surface area contributed by atoms with Crippen LogP contribution in [0.4, 0.5) is 5.69 Å². The van der Waals surface area contributed by atoms with Gasteiger partial charge < -0.3 is 5.73 Å². The van der Waals surface area contributed by atoms with Crippen molar-refractivity contribution in [1.82, 2.24) is 0 Å². The van der Waals surface area contributed by atoms with Crippen molar-refractivity contribution in [2.45, 2.75) is 51.9 Å². The Morgan fingerprint density at radius 2 is 1.32 bits per heavy atom. The molecule has 4 rings (SSSR count). The van der Waals surface area contributed by atoms with E-state index in [1.54, 1.807) is 0 Å². The van der Waals surface area contributed by atoms with Crippen molar-refractivity contribution in [3.8, 4) is 0 Å². The summed E-state index contributed by atoms with van der Waals surface area (Å²) in [6.07, 6.45) is 9.28. The molecule has 0 amide bonds. The highest BCUT2D eigenvalue weighted by Gasteiger charge is 2.11. The molecule has 1 heteroatoms. The maximum Gasteiger partial charge on any atom is 0.0326 e. The van der Waals surface area contributed by atoms with Gasteiger partial charge in [0.1, 0.15) is 0 Å². The van der Waals surface area contributed by atoms with Gasteiger partial charge in [-0.3, -0.25) is 0 Å². The maximum absolute atomic E-state index is 6.08. The van der Waals surface area contributed by atoms with Gasteiger partial charge in [0.25, 0.3) is 0 Å². The predicted octanol–water partition coefficient (Wildman–Crippen LogP) is 7.07. The van der Waals surface area contributed by atoms with Gasteiger partial charge in [0.2, 0.25) is 0 Å². The van der Waals surface area contributed by atoms with E-state index in [4.69, 9.17) is 5.73 Å². The number of rotatable bonds is 7. The lowest BCUT2D eigenvalue weighted by Gasteiger charge is -2.14. The molecule has 2 N–H and O–H groups in total. The summed E-state index contributed by atoms with van der Waals surface area (Å²) in [6.45, 7) is 2.28. The number of anilines is 1. The Morgan fingerprint density at radius 3 is 2.12 bits per heavy atom. The fourth-order valence-electron chi connectivity index (χ4n) is 4.22. The summed E-state index contributed by atoms with van der Waals surface area (Å²) in [5, 5.41) is 8.06. The standard InChI is InChI=1S/C24H27N/c1-2-3-4-5-6-7-8-17-9-10-18-11-12-19-15-21(25)16-20-13-14-22(17)24(18)23(19)20/h9-16H,2-8,25H2,1H3. The van der Waals surface area contributed by atoms with Crippen molar-refractivity contribution in [3.63, 3.8) is 0 Å². The predicted molar refractivity (Wildman–Crippen MR) is 112 cm³/mol. The van der Waals surface area contributed by atoms with Crippen molar-refractivity contribution in [3.05, 3.63) is 54.1 Å². The number of hydrogen-bond acceptors (Lipinski definition) is 1. The zero-order chi connectivity index (χ0) is 17.2. The van der Waals surface area contributed by atoms with E-state index in [0.29, 0.717) is 0 Å². The summed E-state index contributed by atoms with van der Waals surface area (Å²) >= 11 is 0. The third-order valence-electron chi connectivity index (χ3n) is 5.51. The second-order valence-corrected chi connectivity index (χ2v) is 7.36. The molecule has 0 aromatic heterocycles. The van der Waals surface area contributed by atoms with Gasteiger partial charge in [0.15, 0.2) is 0 Å². The summed E-state index contributed by atoms with van der Waals surface area (Å²) in [4.78, 5) is 0. The lowest BCUT2D eigenvalue weighted by molar-refractivity contribution is 0.608. The van der Waals surface area contributed by atoms with Crippen LogP contribution in [0.1, 0.15) is 51.0 Å². The van der Waals surface area contributed by atoms with Crippen molar-refractivity contribution >= 4 is 38.0 Å². The Bertz CT molecular complexity index is 980. The van der Waals surface area contributed by atoms with Crippen LogP contribution < -0.4 is 5.73 Å². The fraction of sp³-hybridized carbons (Fsp3) is 0.333. The molecule has 0 unspecified atom stereocenters. The van der Waals surface area contributed by atoms with Crippen LogP contribution in [0.15, 0.2) is 48.5 Å². The summed E-state index contributed by atoms with van der Waals surface area (Å²) in [7, 11) is 0. The van der Waals surface area contributed by atoms with Crippen molar-refractivity contribution in [2.24, 2.45) is 0 Å². The molecule has 0 heterocycles. The molecule has 25 heavy (non-hydrogen) atoms. The summed E-state index contributed by atoms with van der Waals surface area (Å²) in [5.41, 5.74) is 8.42. The fourth-order valence-corrected chi connectivity index (χ4v) is 4.22. The molecule has 0 saturated heterocycles. The molecule has 0 aliphatic rings. The third-order valence-corrected chi connectivity index (χ3v) is 5.51. The van der Waals surface area contributed by atoms with Gasteiger partial charge in [-0.15, -0.1) is 0 Å². The van der Waals surface area contributed by atoms with E-state index in [9.17, 15) is 0 Å². The first-order valence-electron chi connectivity index (χ1n) is 9.74. The highest BCUT2D eigenvalue weighted by atomic mass is 14.5. The van der Waals surface area contributed by atoms with Gasteiger partial charge in [0.05, 0.1) is 0 Å². The van der Waals surface area contributed by atoms with Crippen LogP contribution in [0.2, 0.25) is 0 Å². The average molecular weight is 329 g/mol. The molecule has 0 aliphatic carbocycles. The molecule has 4 aromatic carbocycles. The minimum absolute atomic E-state index is 0.846. The number of unbranched alkanes of at least 4 members (excludes halogenated alkanes) is 5. The Balaban J connectivity index is 1.69. The van der Waals surface area contributed by atoms with E-state index in [2.05, 4.69) is 55.5 Å². The van der Waals surface area contributed by atoms with E-state index in [0.717, 1.165) is 5.69 Å². The highest BCUT2D eigenvalue weighted by Crippen LogP contribution is 2.37. The summed E-state index contributed by atoms with van der Waals surface area (Å²) in [6, 6.07) is 17.8. The zero-order valence-electron chi connectivity index (χ0n) is 15.1. The molecule has 0 bridgehead atoms. The normalized spacial score (nSPS) is 11.9. The van der Waals surface area contributed by atoms with Gasteiger partial charge in [-0.25, -0.2) is 0 Å². The molecule has 1 nitrogen and oxygen atoms in total. The molecular formula is C24H27N. The van der Waals surface area contributed by atoms with Crippen LogP contribution >= 0.6 is 0 Å². The van der Waals surface area contributed by atoms with Gasteiger partial charge in [0, 0.05) is 5.69 Å². The van der Waals surface area contributed by atoms with E-state index < -0.39 is 0 Å². The first-order chi connectivity index (χ1) is 12.3. The molecule has 4 aromatic rings. The number of nitrogens with two attached hydrogens (primary N) is 1. The van der Waals surface area contributed by atoms with Gasteiger partial charge in [-0.05, 0) is 62.9 Å². The molecular weight excluding hydrogens is 302 g/mol. The smallest absolute Gasteiger partial charge is 0.0326 e. The first kappa shape index (κ1) is 16.2. The number of nitrogen functional groups attached to an aromatic ring is 1. The monoisotopic (exact) mass is 329 g/mol. The molecule has 0 atom stereocenters. The average Bonchev–Trinajstić information content (AvgIpc) is 2.62. The van der Waals surface area contributed by atoms with Crippen LogP contribution in [0.3, 0.4) is 0 Å². The molecule has 128 valence electrons. The lowest BCUT2D eigenvalue weighted by atomic mass is 9.90. The molecule has 0 spiro atoms. The van der Waals surface area contributed by atoms with Crippen LogP contribution in [-0.4, -0.2) is 0 Å². The lowest BCUT2D eigenvalue weighted by Crippen LogP contribution is -1.92. The molecule has 0 radical (unpaired) electrons. The largest absolute Gasteiger partial charge is 0.399 e. The quantitative estimate of drug-likeness (QED) is 0.219.